The Bertz CT molecular complexity index is 1460. The van der Waals surface area contributed by atoms with Crippen LogP contribution in [0.5, 0.6) is 0 Å². The van der Waals surface area contributed by atoms with Gasteiger partial charge < -0.3 is 4.98 Å². The van der Waals surface area contributed by atoms with Crippen molar-refractivity contribution in [2.45, 2.75) is 0 Å². The van der Waals surface area contributed by atoms with E-state index in [1.807, 2.05) is 78.9 Å². The first-order chi connectivity index (χ1) is 15.7. The Morgan fingerprint density at radius 2 is 1.62 bits per heavy atom. The molecule has 0 radical (unpaired) electrons. The lowest BCUT2D eigenvalue weighted by Crippen LogP contribution is -1.95. The second-order valence-electron chi connectivity index (χ2n) is 7.12. The molecule has 6 heteroatoms. The number of nitriles is 1. The maximum atomic E-state index is 9.99. The van der Waals surface area contributed by atoms with Gasteiger partial charge in [-0.15, -0.1) is 0 Å². The number of benzene rings is 3. The quantitative estimate of drug-likeness (QED) is 0.325. The van der Waals surface area contributed by atoms with E-state index in [1.165, 1.54) is 0 Å². The highest BCUT2D eigenvalue weighted by Crippen LogP contribution is 2.36. The van der Waals surface area contributed by atoms with E-state index in [0.29, 0.717) is 33.5 Å². The summed E-state index contributed by atoms with van der Waals surface area (Å²) in [6.45, 7) is 0. The molecule has 2 aromatic heterocycles. The number of para-hydroxylation sites is 2. The first-order valence-electron chi connectivity index (χ1n) is 9.97. The number of aliphatic imine (C=N–C) groups is 1. The minimum absolute atomic E-state index is 0.309. The van der Waals surface area contributed by atoms with Gasteiger partial charge in [-0.25, -0.2) is 15.0 Å². The number of nitrogens with zero attached hydrogens (tertiary/aromatic N) is 4. The van der Waals surface area contributed by atoms with E-state index in [9.17, 15) is 5.26 Å². The highest BCUT2D eigenvalue weighted by molar-refractivity contribution is 6.33. The van der Waals surface area contributed by atoms with Crippen molar-refractivity contribution in [3.05, 3.63) is 101 Å². The topological polar surface area (TPSA) is 77.7 Å². The van der Waals surface area contributed by atoms with E-state index in [1.54, 1.807) is 12.3 Å². The van der Waals surface area contributed by atoms with Gasteiger partial charge in [-0.3, -0.25) is 0 Å². The van der Waals surface area contributed by atoms with Crippen LogP contribution in [0.1, 0.15) is 11.1 Å². The summed E-state index contributed by atoms with van der Waals surface area (Å²) in [5.74, 6) is 0.907. The van der Waals surface area contributed by atoms with Gasteiger partial charge in [0.05, 0.1) is 11.0 Å². The molecule has 0 atom stereocenters. The van der Waals surface area contributed by atoms with Gasteiger partial charge in [0.2, 0.25) is 0 Å². The maximum Gasteiger partial charge on any atom is 0.171 e. The van der Waals surface area contributed by atoms with Gasteiger partial charge in [0.1, 0.15) is 17.3 Å². The lowest BCUT2D eigenvalue weighted by Gasteiger charge is -2.10. The third-order valence-corrected chi connectivity index (χ3v) is 5.37. The minimum atomic E-state index is 0.309. The predicted octanol–water partition coefficient (Wildman–Crippen LogP) is 6.57. The monoisotopic (exact) mass is 433 g/mol. The van der Waals surface area contributed by atoms with Crippen LogP contribution in [0, 0.1) is 11.3 Å². The Balaban J connectivity index is 1.74. The number of pyridine rings is 1. The molecule has 0 aliphatic heterocycles. The second kappa shape index (κ2) is 8.46. The summed E-state index contributed by atoms with van der Waals surface area (Å²) in [5.41, 5.74) is 4.97. The molecule has 0 bridgehead atoms. The van der Waals surface area contributed by atoms with Crippen molar-refractivity contribution in [1.82, 2.24) is 15.0 Å². The largest absolute Gasteiger partial charge is 0.337 e. The molecule has 1 N–H and O–H groups in total. The summed E-state index contributed by atoms with van der Waals surface area (Å²) in [5, 5.41) is 10.5. The molecule has 2 heterocycles. The highest BCUT2D eigenvalue weighted by Gasteiger charge is 2.18. The van der Waals surface area contributed by atoms with Crippen molar-refractivity contribution in [3.8, 4) is 28.7 Å². The van der Waals surface area contributed by atoms with Crippen LogP contribution in [0.4, 0.5) is 5.82 Å². The number of aromatic amines is 1. The smallest absolute Gasteiger partial charge is 0.171 e. The number of rotatable bonds is 4. The molecule has 0 saturated carbocycles. The fraction of sp³-hybridized carbons (Fsp3) is 0. The Morgan fingerprint density at radius 3 is 2.41 bits per heavy atom. The van der Waals surface area contributed by atoms with Gasteiger partial charge in [0.25, 0.3) is 0 Å². The Morgan fingerprint density at radius 1 is 0.875 bits per heavy atom. The van der Waals surface area contributed by atoms with E-state index < -0.39 is 0 Å². The second-order valence-corrected chi connectivity index (χ2v) is 7.52. The molecule has 5 rings (SSSR count). The van der Waals surface area contributed by atoms with E-state index in [2.05, 4.69) is 26.0 Å². The zero-order chi connectivity index (χ0) is 21.9. The predicted molar refractivity (Wildman–Crippen MR) is 128 cm³/mol. The number of imidazole rings is 1. The molecule has 0 aliphatic carbocycles. The Labute approximate surface area is 189 Å². The van der Waals surface area contributed by atoms with Gasteiger partial charge >= 0.3 is 0 Å². The average Bonchev–Trinajstić information content (AvgIpc) is 3.27. The molecular weight excluding hydrogens is 418 g/mol. The van der Waals surface area contributed by atoms with Crippen molar-refractivity contribution in [1.29, 1.82) is 5.26 Å². The van der Waals surface area contributed by atoms with Crippen molar-refractivity contribution >= 4 is 34.7 Å². The highest BCUT2D eigenvalue weighted by atomic mass is 35.5. The Kier molecular flexibility index (Phi) is 5.20. The molecular formula is C26H16ClN5. The van der Waals surface area contributed by atoms with Crippen molar-refractivity contribution in [2.24, 2.45) is 4.99 Å². The van der Waals surface area contributed by atoms with Crippen molar-refractivity contribution in [3.63, 3.8) is 0 Å². The van der Waals surface area contributed by atoms with Crippen LogP contribution in [0.2, 0.25) is 5.02 Å². The molecule has 0 fully saturated rings. The normalized spacial score (nSPS) is 11.1. The SMILES string of the molecule is N#Cc1c(-c2ccccc2Cl)cc(-c2nc3ccccc3[nH]2)nc1N=Cc1ccccc1. The van der Waals surface area contributed by atoms with Gasteiger partial charge in [-0.2, -0.15) is 5.26 Å². The third kappa shape index (κ3) is 3.76. The summed E-state index contributed by atoms with van der Waals surface area (Å²) in [6, 6.07) is 29.0. The molecule has 3 aromatic carbocycles. The zero-order valence-corrected chi connectivity index (χ0v) is 17.6. The molecule has 5 aromatic rings. The van der Waals surface area contributed by atoms with Crippen molar-refractivity contribution in [2.75, 3.05) is 0 Å². The first kappa shape index (κ1) is 19.7. The zero-order valence-electron chi connectivity index (χ0n) is 16.8. The summed E-state index contributed by atoms with van der Waals surface area (Å²) in [4.78, 5) is 17.2. The minimum Gasteiger partial charge on any atom is -0.337 e. The molecule has 32 heavy (non-hydrogen) atoms. The summed E-state index contributed by atoms with van der Waals surface area (Å²) in [7, 11) is 0. The van der Waals surface area contributed by atoms with Crippen LogP contribution < -0.4 is 0 Å². The van der Waals surface area contributed by atoms with Crippen LogP contribution in [0.25, 0.3) is 33.7 Å². The summed E-state index contributed by atoms with van der Waals surface area (Å²) < 4.78 is 0. The number of nitrogens with one attached hydrogen (secondary N) is 1. The van der Waals surface area contributed by atoms with Crippen LogP contribution >= 0.6 is 11.6 Å². The maximum absolute atomic E-state index is 9.99. The van der Waals surface area contributed by atoms with Gasteiger partial charge in [-0.05, 0) is 29.8 Å². The number of fused-ring (bicyclic) bond motifs is 1. The lowest BCUT2D eigenvalue weighted by molar-refractivity contribution is 1.21. The molecule has 152 valence electrons. The first-order valence-corrected chi connectivity index (χ1v) is 10.3. The van der Waals surface area contributed by atoms with Gasteiger partial charge in [0, 0.05) is 22.4 Å². The number of hydrogen-bond acceptors (Lipinski definition) is 4. The standard InChI is InChI=1S/C26H16ClN5/c27-21-11-5-4-10-18(21)19-14-24(26-30-22-12-6-7-13-23(22)31-26)32-25(20(19)15-28)29-16-17-8-2-1-3-9-17/h1-14,16H,(H,30,31). The molecule has 0 saturated heterocycles. The average molecular weight is 434 g/mol. The van der Waals surface area contributed by atoms with Crippen molar-refractivity contribution < 1.29 is 0 Å². The third-order valence-electron chi connectivity index (χ3n) is 5.04. The molecule has 0 unspecified atom stereocenters. The number of halogens is 1. The van der Waals surface area contributed by atoms with E-state index in [0.717, 1.165) is 22.2 Å². The van der Waals surface area contributed by atoms with E-state index >= 15 is 0 Å². The lowest BCUT2D eigenvalue weighted by atomic mass is 10.00. The van der Waals surface area contributed by atoms with E-state index in [-0.39, 0.29) is 0 Å². The van der Waals surface area contributed by atoms with Crippen LogP contribution in [-0.2, 0) is 0 Å². The van der Waals surface area contributed by atoms with Gasteiger partial charge in [-0.1, -0.05) is 72.3 Å². The van der Waals surface area contributed by atoms with Crippen LogP contribution in [0.3, 0.4) is 0 Å². The summed E-state index contributed by atoms with van der Waals surface area (Å²) >= 11 is 6.48. The molecule has 0 spiro atoms. The molecule has 5 nitrogen and oxygen atoms in total. The molecule has 0 amide bonds. The van der Waals surface area contributed by atoms with Crippen LogP contribution in [-0.4, -0.2) is 21.2 Å². The Hall–Kier alpha value is -4.27. The fourth-order valence-corrected chi connectivity index (χ4v) is 3.74. The number of aromatic nitrogens is 3. The van der Waals surface area contributed by atoms with Crippen LogP contribution in [0.15, 0.2) is 89.9 Å². The van der Waals surface area contributed by atoms with E-state index in [4.69, 9.17) is 11.6 Å². The molecule has 0 aliphatic rings. The number of H-pyrrole nitrogens is 1. The fourth-order valence-electron chi connectivity index (χ4n) is 3.50. The van der Waals surface area contributed by atoms with Gasteiger partial charge in [0.15, 0.2) is 11.6 Å². The summed E-state index contributed by atoms with van der Waals surface area (Å²) in [6.07, 6.45) is 1.70. The number of hydrogen-bond donors (Lipinski definition) is 1.